The molecule has 59 heavy (non-hydrogen) atoms. The van der Waals surface area contributed by atoms with Crippen LogP contribution >= 0.6 is 11.3 Å². The highest BCUT2D eigenvalue weighted by Crippen LogP contribution is 2.43. The minimum Gasteiger partial charge on any atom is -0.464 e. The molecule has 4 aromatic rings. The van der Waals surface area contributed by atoms with Gasteiger partial charge < -0.3 is 33.9 Å². The van der Waals surface area contributed by atoms with Gasteiger partial charge in [0, 0.05) is 79.4 Å². The van der Waals surface area contributed by atoms with Crippen LogP contribution in [0.1, 0.15) is 82.4 Å². The van der Waals surface area contributed by atoms with Gasteiger partial charge >= 0.3 is 12.0 Å². The number of hydrogen-bond acceptors (Lipinski definition) is 11. The van der Waals surface area contributed by atoms with Crippen molar-refractivity contribution in [2.45, 2.75) is 103 Å². The molecule has 15 nitrogen and oxygen atoms in total. The Hall–Kier alpha value is -4.90. The van der Waals surface area contributed by atoms with E-state index in [1.165, 1.54) is 21.2 Å². The lowest BCUT2D eigenvalue weighted by Gasteiger charge is -2.37. The largest absolute Gasteiger partial charge is 0.464 e. The van der Waals surface area contributed by atoms with Gasteiger partial charge in [0.25, 0.3) is 5.91 Å². The second-order valence-corrected chi connectivity index (χ2v) is 17.6. The van der Waals surface area contributed by atoms with Crippen LogP contribution in [-0.4, -0.2) is 118 Å². The maximum absolute atomic E-state index is 14.7. The zero-order chi connectivity index (χ0) is 41.7. The molecule has 0 saturated carbocycles. The van der Waals surface area contributed by atoms with Gasteiger partial charge in [-0.25, -0.2) is 15.2 Å². The molecule has 3 aromatic heterocycles. The molecule has 0 aliphatic carbocycles. The number of rotatable bonds is 7. The van der Waals surface area contributed by atoms with Gasteiger partial charge in [0.1, 0.15) is 29.2 Å². The first-order chi connectivity index (χ1) is 28.3. The van der Waals surface area contributed by atoms with Crippen molar-refractivity contribution in [3.8, 4) is 22.5 Å². The third-order valence-electron chi connectivity index (χ3n) is 12.1. The Bertz CT molecular complexity index is 2270. The zero-order valence-electron chi connectivity index (χ0n) is 34.8. The number of urea groups is 1. The number of likely N-dealkylation sites (N-methyl/N-ethyl adjacent to an activating group) is 1. The summed E-state index contributed by atoms with van der Waals surface area (Å²) in [5, 5.41) is 7.87. The molecule has 1 aromatic carbocycles. The fourth-order valence-corrected chi connectivity index (χ4v) is 9.86. The molecular formula is C43H54N8O7S. The van der Waals surface area contributed by atoms with E-state index in [-0.39, 0.29) is 31.3 Å². The first-order valence-electron chi connectivity index (χ1n) is 20.6. The summed E-state index contributed by atoms with van der Waals surface area (Å²) in [7, 11) is 3.42. The van der Waals surface area contributed by atoms with Gasteiger partial charge in [-0.05, 0) is 76.3 Å². The molecule has 3 fully saturated rings. The lowest BCUT2D eigenvalue weighted by Crippen LogP contribution is -2.61. The number of methoxy groups -OCH3 is 1. The third-order valence-corrected chi connectivity index (χ3v) is 13.0. The summed E-state index contributed by atoms with van der Waals surface area (Å²) in [4.78, 5) is 68.5. The number of amides is 4. The summed E-state index contributed by atoms with van der Waals surface area (Å²) in [5.41, 5.74) is 9.21. The number of carbonyl (C=O) groups excluding carboxylic acids is 4. The summed E-state index contributed by atoms with van der Waals surface area (Å²) in [6.45, 7) is 12.1. The molecular weight excluding hydrogens is 773 g/mol. The minimum absolute atomic E-state index is 0.118. The Labute approximate surface area is 348 Å². The summed E-state index contributed by atoms with van der Waals surface area (Å²) in [5.74, 6) is -1.05. The van der Waals surface area contributed by atoms with Crippen molar-refractivity contribution in [2.24, 2.45) is 5.41 Å². The van der Waals surface area contributed by atoms with Crippen molar-refractivity contribution >= 4 is 46.1 Å². The number of ether oxygens (including phenoxy) is 3. The Balaban J connectivity index is 1.25. The summed E-state index contributed by atoms with van der Waals surface area (Å²) in [6.07, 6.45) is 2.81. The molecule has 4 amide bonds. The van der Waals surface area contributed by atoms with E-state index in [2.05, 4.69) is 60.3 Å². The second kappa shape index (κ2) is 16.3. The highest BCUT2D eigenvalue weighted by molar-refractivity contribution is 7.10. The molecule has 6 bridgehead atoms. The summed E-state index contributed by atoms with van der Waals surface area (Å²) >= 11 is 1.35. The monoisotopic (exact) mass is 826 g/mol. The first kappa shape index (κ1) is 40.9. The van der Waals surface area contributed by atoms with Crippen LogP contribution in [-0.2, 0) is 41.6 Å². The van der Waals surface area contributed by atoms with Crippen molar-refractivity contribution in [3.63, 3.8) is 0 Å². The number of aryl methyl sites for hydroxylation is 1. The van der Waals surface area contributed by atoms with Crippen LogP contribution in [0.25, 0.3) is 33.4 Å². The number of piperidine rings is 1. The number of benzene rings is 1. The van der Waals surface area contributed by atoms with E-state index >= 15 is 0 Å². The smallest absolute Gasteiger partial charge is 0.324 e. The van der Waals surface area contributed by atoms with Crippen molar-refractivity contribution in [2.75, 3.05) is 40.5 Å². The van der Waals surface area contributed by atoms with E-state index in [9.17, 15) is 19.2 Å². The van der Waals surface area contributed by atoms with E-state index in [1.807, 2.05) is 25.3 Å². The predicted octanol–water partition coefficient (Wildman–Crippen LogP) is 5.25. The van der Waals surface area contributed by atoms with E-state index in [4.69, 9.17) is 24.2 Å². The van der Waals surface area contributed by atoms with Gasteiger partial charge in [-0.2, -0.15) is 0 Å². The number of esters is 1. The Morgan fingerprint density at radius 1 is 1.14 bits per heavy atom. The average molecular weight is 827 g/mol. The fourth-order valence-electron chi connectivity index (χ4n) is 8.95. The van der Waals surface area contributed by atoms with E-state index < -0.39 is 47.6 Å². The number of fused-ring (bicyclic) bond motifs is 7. The van der Waals surface area contributed by atoms with Gasteiger partial charge in [-0.3, -0.25) is 24.4 Å². The van der Waals surface area contributed by atoms with Crippen LogP contribution in [0.2, 0.25) is 0 Å². The number of pyridine rings is 1. The first-order valence-corrected chi connectivity index (χ1v) is 21.5. The summed E-state index contributed by atoms with van der Waals surface area (Å²) < 4.78 is 20.5. The summed E-state index contributed by atoms with van der Waals surface area (Å²) in [6, 6.07) is 7.07. The van der Waals surface area contributed by atoms with Crippen molar-refractivity contribution in [1.29, 1.82) is 0 Å². The molecule has 3 saturated heterocycles. The van der Waals surface area contributed by atoms with Gasteiger partial charge in [0.15, 0.2) is 0 Å². The Morgan fingerprint density at radius 2 is 1.95 bits per heavy atom. The van der Waals surface area contributed by atoms with Gasteiger partial charge in [-0.15, -0.1) is 11.3 Å². The number of cyclic esters (lactones) is 1. The average Bonchev–Trinajstić information content (AvgIpc) is 3.64. The zero-order valence-corrected chi connectivity index (χ0v) is 35.6. The predicted molar refractivity (Wildman–Crippen MR) is 222 cm³/mol. The maximum atomic E-state index is 14.7. The van der Waals surface area contributed by atoms with Crippen molar-refractivity contribution < 1.29 is 33.4 Å². The number of thiazole rings is 1. The van der Waals surface area contributed by atoms with E-state index in [0.717, 1.165) is 39.0 Å². The van der Waals surface area contributed by atoms with Crippen LogP contribution in [0, 0.1) is 5.41 Å². The minimum atomic E-state index is -1.23. The van der Waals surface area contributed by atoms with E-state index in [1.54, 1.807) is 25.3 Å². The van der Waals surface area contributed by atoms with Crippen LogP contribution in [0.3, 0.4) is 0 Å². The van der Waals surface area contributed by atoms with Gasteiger partial charge in [-0.1, -0.05) is 19.9 Å². The molecule has 4 aliphatic heterocycles. The number of carbonyl (C=O) groups is 4. The quantitative estimate of drug-likeness (QED) is 0.186. The fraction of sp³-hybridized carbons (Fsp3) is 0.535. The van der Waals surface area contributed by atoms with Crippen LogP contribution < -0.4 is 10.7 Å². The number of likely N-dealkylation sites (tertiary alicyclic amines) is 1. The van der Waals surface area contributed by atoms with Gasteiger partial charge in [0.05, 0.1) is 35.8 Å². The molecule has 4 aliphatic rings. The van der Waals surface area contributed by atoms with Crippen molar-refractivity contribution in [3.05, 3.63) is 58.2 Å². The molecule has 6 atom stereocenters. The SMILES string of the molecule is CCO[C@@H]1c2nc(cs2)-c2ccc3c(c2)c(c(-c2cccnc2[C@H](C)OC)n3CC)CC(C)(C)COC(=O)[C@@H]2CCCN(N2)C(=O)[C@H]1NC(=O)N1[C@@H]2CCN(C)C(=O)[C@@H]21. The number of nitrogens with zero attached hydrogens (tertiary/aromatic N) is 6. The number of hydrazine groups is 1. The van der Waals surface area contributed by atoms with Crippen LogP contribution in [0.15, 0.2) is 41.9 Å². The van der Waals surface area contributed by atoms with Crippen molar-refractivity contribution in [1.82, 2.24) is 40.1 Å². The Morgan fingerprint density at radius 3 is 2.71 bits per heavy atom. The molecule has 314 valence electrons. The molecule has 2 N–H and O–H groups in total. The highest BCUT2D eigenvalue weighted by Gasteiger charge is 2.59. The maximum Gasteiger partial charge on any atom is 0.324 e. The standard InChI is InChI=1S/C43H54N8O7S/c1-8-49-31-15-14-25-20-27(31)28(35(49)26-12-10-17-44-33(26)24(3)56-7)21-43(4,5)23-58-41(54)29-13-11-18-50(47-29)39(52)34(37(57-9-2)38-45-30(25)22-59-38)46-42(55)51-32-16-19-48(6)40(53)36(32)51/h10,12,14-15,17,20,22,24,29,32,34,36-37,47H,8-9,11,13,16,18-19,21,23H2,1-7H3,(H,46,55)/t24-,29-,32+,34-,36+,37-,51?/m0/s1. The lowest BCUT2D eigenvalue weighted by molar-refractivity contribution is -0.156. The molecule has 0 radical (unpaired) electrons. The second-order valence-electron chi connectivity index (χ2n) is 16.7. The number of nitrogens with one attached hydrogen (secondary N) is 2. The molecule has 0 unspecified atom stereocenters. The number of aromatic nitrogens is 3. The molecule has 0 spiro atoms. The highest BCUT2D eigenvalue weighted by atomic mass is 32.1. The van der Waals surface area contributed by atoms with Crippen LogP contribution in [0.4, 0.5) is 4.79 Å². The van der Waals surface area contributed by atoms with E-state index in [0.29, 0.717) is 56.0 Å². The topological polar surface area (TPSA) is 160 Å². The number of hydrogen-bond donors (Lipinski definition) is 2. The lowest BCUT2D eigenvalue weighted by atomic mass is 9.84. The Kier molecular flexibility index (Phi) is 11.3. The van der Waals surface area contributed by atoms with Crippen LogP contribution in [0.5, 0.6) is 0 Å². The molecule has 7 heterocycles. The van der Waals surface area contributed by atoms with Gasteiger partial charge in [0.2, 0.25) is 5.91 Å². The molecule has 16 heteroatoms. The molecule has 8 rings (SSSR count). The third kappa shape index (κ3) is 7.60. The normalized spacial score (nSPS) is 25.0.